The molecule has 0 aliphatic heterocycles. The number of hydrogen-bond acceptors (Lipinski definition) is 4. The standard InChI is InChI=1S/C21H17FN2O4S/c22-15-7-9-17(10-8-15)29(26,27)20-13-24(19-6-2-1-5-18(19)20)14-21(25)23-12-16-4-3-11-28-16/h1-11,13H,12,14H2,(H,23,25). The number of hydrogen-bond donors (Lipinski definition) is 1. The van der Waals surface area contributed by atoms with Crippen molar-refractivity contribution in [1.82, 2.24) is 9.88 Å². The van der Waals surface area contributed by atoms with Gasteiger partial charge in [-0.2, -0.15) is 0 Å². The van der Waals surface area contributed by atoms with Gasteiger partial charge in [0.25, 0.3) is 0 Å². The Morgan fingerprint density at radius 1 is 1.03 bits per heavy atom. The van der Waals surface area contributed by atoms with Gasteiger partial charge in [-0.25, -0.2) is 12.8 Å². The fourth-order valence-corrected chi connectivity index (χ4v) is 4.58. The first-order valence-electron chi connectivity index (χ1n) is 8.83. The van der Waals surface area contributed by atoms with Crippen LogP contribution >= 0.6 is 0 Å². The summed E-state index contributed by atoms with van der Waals surface area (Å²) in [6, 6.07) is 15.1. The number of rotatable bonds is 6. The Morgan fingerprint density at radius 2 is 1.79 bits per heavy atom. The number of carbonyl (C=O) groups is 1. The number of para-hydroxylation sites is 1. The third-order valence-electron chi connectivity index (χ3n) is 4.52. The molecule has 148 valence electrons. The smallest absolute Gasteiger partial charge is 0.240 e. The summed E-state index contributed by atoms with van der Waals surface area (Å²) < 4.78 is 46.2. The van der Waals surface area contributed by atoms with Crippen molar-refractivity contribution in [1.29, 1.82) is 0 Å². The summed E-state index contributed by atoms with van der Waals surface area (Å²) in [5.74, 6) is -0.178. The van der Waals surface area contributed by atoms with E-state index in [1.807, 2.05) is 0 Å². The number of aromatic nitrogens is 1. The minimum absolute atomic E-state index is 0.0101. The minimum Gasteiger partial charge on any atom is -0.467 e. The molecule has 0 aliphatic carbocycles. The molecule has 4 rings (SSSR count). The largest absolute Gasteiger partial charge is 0.467 e. The predicted octanol–water partition coefficient (Wildman–Crippen LogP) is 3.52. The van der Waals surface area contributed by atoms with Gasteiger partial charge in [0.2, 0.25) is 15.7 Å². The van der Waals surface area contributed by atoms with Crippen molar-refractivity contribution in [2.24, 2.45) is 0 Å². The van der Waals surface area contributed by atoms with E-state index in [0.29, 0.717) is 16.7 Å². The molecule has 29 heavy (non-hydrogen) atoms. The first kappa shape index (κ1) is 18.9. The van der Waals surface area contributed by atoms with Crippen molar-refractivity contribution < 1.29 is 22.0 Å². The molecule has 0 atom stereocenters. The van der Waals surface area contributed by atoms with Crippen LogP contribution in [0.25, 0.3) is 10.9 Å². The highest BCUT2D eigenvalue weighted by atomic mass is 32.2. The molecule has 1 N–H and O–H groups in total. The van der Waals surface area contributed by atoms with Crippen LogP contribution in [0.5, 0.6) is 0 Å². The molecule has 0 aliphatic rings. The molecule has 0 bridgehead atoms. The van der Waals surface area contributed by atoms with Crippen LogP contribution in [0, 0.1) is 5.82 Å². The van der Waals surface area contributed by atoms with E-state index in [2.05, 4.69) is 5.32 Å². The van der Waals surface area contributed by atoms with E-state index in [0.717, 1.165) is 12.1 Å². The molecule has 0 fully saturated rings. The topological polar surface area (TPSA) is 81.3 Å². The van der Waals surface area contributed by atoms with Gasteiger partial charge in [0.15, 0.2) is 0 Å². The number of fused-ring (bicyclic) bond motifs is 1. The molecular weight excluding hydrogens is 395 g/mol. The summed E-state index contributed by atoms with van der Waals surface area (Å²) in [5, 5.41) is 3.24. The summed E-state index contributed by atoms with van der Waals surface area (Å²) >= 11 is 0. The average molecular weight is 412 g/mol. The predicted molar refractivity (Wildman–Crippen MR) is 104 cm³/mol. The number of nitrogens with one attached hydrogen (secondary N) is 1. The molecule has 2 heterocycles. The van der Waals surface area contributed by atoms with E-state index in [9.17, 15) is 17.6 Å². The van der Waals surface area contributed by atoms with E-state index in [1.165, 1.54) is 24.6 Å². The quantitative estimate of drug-likeness (QED) is 0.492. The summed E-state index contributed by atoms with van der Waals surface area (Å²) in [6.07, 6.45) is 2.96. The van der Waals surface area contributed by atoms with Crippen molar-refractivity contribution >= 4 is 26.6 Å². The Morgan fingerprint density at radius 3 is 2.52 bits per heavy atom. The Bertz CT molecular complexity index is 1260. The van der Waals surface area contributed by atoms with Gasteiger partial charge in [-0.1, -0.05) is 18.2 Å². The highest BCUT2D eigenvalue weighted by Crippen LogP contribution is 2.30. The van der Waals surface area contributed by atoms with Crippen molar-refractivity contribution in [3.8, 4) is 0 Å². The number of halogens is 1. The number of furan rings is 1. The second-order valence-corrected chi connectivity index (χ2v) is 8.37. The zero-order valence-electron chi connectivity index (χ0n) is 15.2. The minimum atomic E-state index is -3.88. The van der Waals surface area contributed by atoms with Crippen molar-refractivity contribution in [3.63, 3.8) is 0 Å². The fourth-order valence-electron chi connectivity index (χ4n) is 3.11. The number of benzene rings is 2. The molecule has 4 aromatic rings. The molecule has 0 radical (unpaired) electrons. The number of sulfone groups is 1. The van der Waals surface area contributed by atoms with E-state index < -0.39 is 15.7 Å². The molecule has 0 spiro atoms. The molecule has 6 nitrogen and oxygen atoms in total. The Kier molecular flexibility index (Phi) is 4.94. The lowest BCUT2D eigenvalue weighted by atomic mass is 10.2. The number of carbonyl (C=O) groups excluding carboxylic acids is 1. The summed E-state index contributed by atoms with van der Waals surface area (Å²) in [4.78, 5) is 12.4. The molecule has 2 aromatic heterocycles. The van der Waals surface area contributed by atoms with Crippen molar-refractivity contribution in [2.45, 2.75) is 22.9 Å². The van der Waals surface area contributed by atoms with Crippen LogP contribution in [0.4, 0.5) is 4.39 Å². The van der Waals surface area contributed by atoms with Crippen molar-refractivity contribution in [3.05, 3.63) is 84.7 Å². The second kappa shape index (κ2) is 7.56. The van der Waals surface area contributed by atoms with Gasteiger partial charge >= 0.3 is 0 Å². The monoisotopic (exact) mass is 412 g/mol. The van der Waals surface area contributed by atoms with Gasteiger partial charge < -0.3 is 14.3 Å². The van der Waals surface area contributed by atoms with Gasteiger partial charge in [-0.15, -0.1) is 0 Å². The lowest BCUT2D eigenvalue weighted by Gasteiger charge is -2.06. The second-order valence-electron chi connectivity index (χ2n) is 6.45. The number of nitrogens with zero attached hydrogens (tertiary/aromatic N) is 1. The number of amides is 1. The van der Waals surface area contributed by atoms with Gasteiger partial charge in [-0.05, 0) is 42.5 Å². The maximum absolute atomic E-state index is 13.2. The summed E-state index contributed by atoms with van der Waals surface area (Å²) in [5.41, 5.74) is 0.612. The molecule has 0 saturated heterocycles. The molecule has 0 unspecified atom stereocenters. The highest BCUT2D eigenvalue weighted by molar-refractivity contribution is 7.91. The van der Waals surface area contributed by atoms with E-state index in [-0.39, 0.29) is 28.8 Å². The lowest BCUT2D eigenvalue weighted by molar-refractivity contribution is -0.121. The van der Waals surface area contributed by atoms with Crippen LogP contribution in [0.3, 0.4) is 0 Å². The van der Waals surface area contributed by atoms with Crippen LogP contribution in [0.1, 0.15) is 5.76 Å². The maximum atomic E-state index is 13.2. The van der Waals surface area contributed by atoms with Crippen LogP contribution in [-0.4, -0.2) is 18.9 Å². The summed E-state index contributed by atoms with van der Waals surface area (Å²) in [6.45, 7) is 0.186. The van der Waals surface area contributed by atoms with Crippen LogP contribution in [0.2, 0.25) is 0 Å². The third kappa shape index (κ3) is 3.79. The zero-order chi connectivity index (χ0) is 20.4. The fraction of sp³-hybridized carbons (Fsp3) is 0.0952. The van der Waals surface area contributed by atoms with Gasteiger partial charge in [0.05, 0.1) is 22.6 Å². The van der Waals surface area contributed by atoms with Crippen LogP contribution in [-0.2, 0) is 27.7 Å². The maximum Gasteiger partial charge on any atom is 0.240 e. The molecule has 1 amide bonds. The van der Waals surface area contributed by atoms with E-state index in [4.69, 9.17) is 4.42 Å². The van der Waals surface area contributed by atoms with Gasteiger partial charge in [0, 0.05) is 17.1 Å². The average Bonchev–Trinajstić information content (AvgIpc) is 3.35. The SMILES string of the molecule is O=C(Cn1cc(S(=O)(=O)c2ccc(F)cc2)c2ccccc21)NCc1ccco1. The third-order valence-corrected chi connectivity index (χ3v) is 6.32. The Balaban J connectivity index is 1.66. The first-order valence-corrected chi connectivity index (χ1v) is 10.3. The molecular formula is C21H17FN2O4S. The Labute approximate surface area is 166 Å². The van der Waals surface area contributed by atoms with Crippen LogP contribution in [0.15, 0.2) is 87.3 Å². The summed E-state index contributed by atoms with van der Waals surface area (Å²) in [7, 11) is -3.88. The van der Waals surface area contributed by atoms with Gasteiger partial charge in [-0.3, -0.25) is 4.79 Å². The molecule has 8 heteroatoms. The van der Waals surface area contributed by atoms with E-state index >= 15 is 0 Å². The first-order chi connectivity index (χ1) is 13.9. The normalized spacial score (nSPS) is 11.6. The van der Waals surface area contributed by atoms with Crippen molar-refractivity contribution in [2.75, 3.05) is 0 Å². The van der Waals surface area contributed by atoms with E-state index in [1.54, 1.807) is 41.0 Å². The van der Waals surface area contributed by atoms with Crippen LogP contribution < -0.4 is 5.32 Å². The zero-order valence-corrected chi connectivity index (χ0v) is 16.0. The Hall–Kier alpha value is -3.39. The lowest BCUT2D eigenvalue weighted by Crippen LogP contribution is -2.26. The molecule has 2 aromatic carbocycles. The highest BCUT2D eigenvalue weighted by Gasteiger charge is 2.24. The van der Waals surface area contributed by atoms with Gasteiger partial charge in [0.1, 0.15) is 18.1 Å². The molecule has 0 saturated carbocycles.